The minimum absolute atomic E-state index is 0.306. The van der Waals surface area contributed by atoms with Crippen LogP contribution in [0.15, 0.2) is 42.5 Å². The molecule has 0 unspecified atom stereocenters. The Bertz CT molecular complexity index is 568. The van der Waals surface area contributed by atoms with Crippen molar-refractivity contribution in [3.05, 3.63) is 48.0 Å². The largest absolute Gasteiger partial charge is 0.385 e. The molecule has 2 heteroatoms. The van der Waals surface area contributed by atoms with Crippen LogP contribution in [0.4, 0.5) is 0 Å². The van der Waals surface area contributed by atoms with Gasteiger partial charge < -0.3 is 9.84 Å². The van der Waals surface area contributed by atoms with Gasteiger partial charge in [-0.05, 0) is 48.1 Å². The Morgan fingerprint density at radius 2 is 1.74 bits per heavy atom. The zero-order chi connectivity index (χ0) is 13.3. The van der Waals surface area contributed by atoms with Crippen molar-refractivity contribution < 1.29 is 9.84 Å². The monoisotopic (exact) mass is 256 g/mol. The van der Waals surface area contributed by atoms with Crippen LogP contribution in [0, 0.1) is 0 Å². The fourth-order valence-electron chi connectivity index (χ4n) is 3.07. The van der Waals surface area contributed by atoms with Gasteiger partial charge in [-0.25, -0.2) is 0 Å². The second kappa shape index (κ2) is 4.95. The van der Waals surface area contributed by atoms with Crippen LogP contribution < -0.4 is 0 Å². The average molecular weight is 256 g/mol. The molecular formula is C17H20O2. The van der Waals surface area contributed by atoms with E-state index in [4.69, 9.17) is 4.74 Å². The lowest BCUT2D eigenvalue weighted by molar-refractivity contribution is -0.0473. The first-order valence-corrected chi connectivity index (χ1v) is 6.96. The van der Waals surface area contributed by atoms with E-state index in [1.165, 1.54) is 10.8 Å². The van der Waals surface area contributed by atoms with Crippen molar-refractivity contribution in [1.82, 2.24) is 0 Å². The van der Waals surface area contributed by atoms with Crippen molar-refractivity contribution in [3.63, 3.8) is 0 Å². The first kappa shape index (κ1) is 12.6. The van der Waals surface area contributed by atoms with Gasteiger partial charge in [-0.3, -0.25) is 0 Å². The van der Waals surface area contributed by atoms with Crippen LogP contribution in [0.2, 0.25) is 0 Å². The molecule has 1 N–H and O–H groups in total. The third-order valence-corrected chi connectivity index (χ3v) is 4.38. The summed E-state index contributed by atoms with van der Waals surface area (Å²) in [5, 5.41) is 13.3. The molecule has 0 aromatic heterocycles. The molecule has 0 saturated heterocycles. The van der Waals surface area contributed by atoms with Gasteiger partial charge in [-0.15, -0.1) is 0 Å². The highest BCUT2D eigenvalue weighted by atomic mass is 16.5. The maximum atomic E-state index is 10.9. The zero-order valence-corrected chi connectivity index (χ0v) is 11.3. The Morgan fingerprint density at radius 3 is 2.42 bits per heavy atom. The van der Waals surface area contributed by atoms with E-state index < -0.39 is 5.60 Å². The van der Waals surface area contributed by atoms with Gasteiger partial charge in [0.2, 0.25) is 0 Å². The van der Waals surface area contributed by atoms with E-state index in [1.807, 2.05) is 12.1 Å². The highest BCUT2D eigenvalue weighted by Crippen LogP contribution is 2.38. The van der Waals surface area contributed by atoms with Gasteiger partial charge in [0.1, 0.15) is 0 Å². The third-order valence-electron chi connectivity index (χ3n) is 4.38. The molecule has 1 aliphatic rings. The molecule has 19 heavy (non-hydrogen) atoms. The number of fused-ring (bicyclic) bond motifs is 1. The molecule has 0 heterocycles. The predicted octanol–water partition coefficient (Wildman–Crippen LogP) is 3.62. The predicted molar refractivity (Wildman–Crippen MR) is 77.1 cm³/mol. The first-order chi connectivity index (χ1) is 9.21. The topological polar surface area (TPSA) is 29.5 Å². The van der Waals surface area contributed by atoms with E-state index in [0.717, 1.165) is 31.2 Å². The molecule has 0 amide bonds. The number of hydrogen-bond acceptors (Lipinski definition) is 2. The van der Waals surface area contributed by atoms with Crippen molar-refractivity contribution in [2.75, 3.05) is 7.11 Å². The van der Waals surface area contributed by atoms with E-state index in [-0.39, 0.29) is 0 Å². The van der Waals surface area contributed by atoms with E-state index in [1.54, 1.807) is 7.11 Å². The smallest absolute Gasteiger partial charge is 0.0898 e. The number of benzene rings is 2. The van der Waals surface area contributed by atoms with E-state index in [0.29, 0.717) is 6.10 Å². The molecule has 2 nitrogen and oxygen atoms in total. The molecule has 0 aliphatic heterocycles. The normalized spacial score (nSPS) is 27.6. The molecule has 1 saturated carbocycles. The van der Waals surface area contributed by atoms with Crippen molar-refractivity contribution in [1.29, 1.82) is 0 Å². The first-order valence-electron chi connectivity index (χ1n) is 6.96. The molecule has 2 aromatic rings. The summed E-state index contributed by atoms with van der Waals surface area (Å²) in [6, 6.07) is 14.6. The van der Waals surface area contributed by atoms with Crippen LogP contribution in [-0.2, 0) is 10.3 Å². The molecule has 3 rings (SSSR count). The van der Waals surface area contributed by atoms with E-state index in [2.05, 4.69) is 30.3 Å². The summed E-state index contributed by atoms with van der Waals surface area (Å²) in [4.78, 5) is 0. The second-order valence-corrected chi connectivity index (χ2v) is 5.53. The Labute approximate surface area is 114 Å². The van der Waals surface area contributed by atoms with Crippen molar-refractivity contribution in [3.8, 4) is 0 Å². The maximum absolute atomic E-state index is 10.9. The van der Waals surface area contributed by atoms with Gasteiger partial charge in [0.05, 0.1) is 11.7 Å². The summed E-state index contributed by atoms with van der Waals surface area (Å²) in [6.07, 6.45) is 3.73. The highest BCUT2D eigenvalue weighted by molar-refractivity contribution is 5.83. The molecule has 2 aromatic carbocycles. The van der Waals surface area contributed by atoms with Crippen molar-refractivity contribution in [2.45, 2.75) is 37.4 Å². The number of methoxy groups -OCH3 is 1. The zero-order valence-electron chi connectivity index (χ0n) is 11.3. The summed E-state index contributed by atoms with van der Waals surface area (Å²) in [5.41, 5.74) is 0.361. The number of aliphatic hydroxyl groups is 1. The molecule has 0 spiro atoms. The van der Waals surface area contributed by atoms with Crippen LogP contribution in [0.5, 0.6) is 0 Å². The Kier molecular flexibility index (Phi) is 3.29. The highest BCUT2D eigenvalue weighted by Gasteiger charge is 2.34. The van der Waals surface area contributed by atoms with Gasteiger partial charge in [0, 0.05) is 7.11 Å². The quantitative estimate of drug-likeness (QED) is 0.889. The fraction of sp³-hybridized carbons (Fsp3) is 0.412. The minimum Gasteiger partial charge on any atom is -0.385 e. The lowest BCUT2D eigenvalue weighted by atomic mass is 9.78. The molecule has 0 bridgehead atoms. The Balaban J connectivity index is 1.91. The second-order valence-electron chi connectivity index (χ2n) is 5.53. The summed E-state index contributed by atoms with van der Waals surface area (Å²) >= 11 is 0. The molecular weight excluding hydrogens is 236 g/mol. The van der Waals surface area contributed by atoms with Crippen LogP contribution in [0.25, 0.3) is 10.8 Å². The SMILES string of the molecule is COC1CCC(O)(c2ccc3ccccc3c2)CC1. The number of hydrogen-bond donors (Lipinski definition) is 1. The summed E-state index contributed by atoms with van der Waals surface area (Å²) < 4.78 is 5.38. The van der Waals surface area contributed by atoms with Gasteiger partial charge in [0.15, 0.2) is 0 Å². The molecule has 1 aliphatic carbocycles. The van der Waals surface area contributed by atoms with Gasteiger partial charge in [-0.1, -0.05) is 36.4 Å². The Hall–Kier alpha value is -1.38. The fourth-order valence-corrected chi connectivity index (χ4v) is 3.07. The van der Waals surface area contributed by atoms with E-state index in [9.17, 15) is 5.11 Å². The van der Waals surface area contributed by atoms with Crippen LogP contribution in [0.1, 0.15) is 31.2 Å². The molecule has 1 fully saturated rings. The molecule has 100 valence electrons. The van der Waals surface area contributed by atoms with Crippen molar-refractivity contribution >= 4 is 10.8 Å². The van der Waals surface area contributed by atoms with Gasteiger partial charge in [0.25, 0.3) is 0 Å². The average Bonchev–Trinajstić information content (AvgIpc) is 2.47. The molecule has 0 atom stereocenters. The summed E-state index contributed by atoms with van der Waals surface area (Å²) in [7, 11) is 1.76. The lowest BCUT2D eigenvalue weighted by Crippen LogP contribution is -2.33. The van der Waals surface area contributed by atoms with Gasteiger partial charge >= 0.3 is 0 Å². The lowest BCUT2D eigenvalue weighted by Gasteiger charge is -2.36. The Morgan fingerprint density at radius 1 is 1.05 bits per heavy atom. The van der Waals surface area contributed by atoms with Crippen LogP contribution in [0.3, 0.4) is 0 Å². The third kappa shape index (κ3) is 2.38. The minimum atomic E-state index is -0.681. The molecule has 0 radical (unpaired) electrons. The van der Waals surface area contributed by atoms with Crippen LogP contribution in [-0.4, -0.2) is 18.3 Å². The van der Waals surface area contributed by atoms with Crippen LogP contribution >= 0.6 is 0 Å². The number of ether oxygens (including phenoxy) is 1. The standard InChI is InChI=1S/C17H20O2/c1-19-16-8-10-17(18,11-9-16)15-7-6-13-4-2-3-5-14(13)12-15/h2-7,12,16,18H,8-11H2,1H3. The summed E-state index contributed by atoms with van der Waals surface area (Å²) in [6.45, 7) is 0. The summed E-state index contributed by atoms with van der Waals surface area (Å²) in [5.74, 6) is 0. The van der Waals surface area contributed by atoms with E-state index >= 15 is 0 Å². The van der Waals surface area contributed by atoms with Crippen molar-refractivity contribution in [2.24, 2.45) is 0 Å². The van der Waals surface area contributed by atoms with Gasteiger partial charge in [-0.2, -0.15) is 0 Å². The number of rotatable bonds is 2. The maximum Gasteiger partial charge on any atom is 0.0898 e.